The van der Waals surface area contributed by atoms with Crippen molar-refractivity contribution in [3.63, 3.8) is 0 Å². The third kappa shape index (κ3) is 7.38. The molecule has 1 atom stereocenters. The Morgan fingerprint density at radius 1 is 1.26 bits per heavy atom. The minimum absolute atomic E-state index is 0.148. The van der Waals surface area contributed by atoms with Crippen LogP contribution in [0.4, 0.5) is 0 Å². The number of nitrogens with two attached hydrogens (primary N) is 1. The molecular formula is C27H43N3O3SSi. The first-order valence-corrected chi connectivity index (χ1v) is 16.4. The second-order valence-corrected chi connectivity index (χ2v) is 17.1. The Hall–Kier alpha value is -1.74. The Bertz CT molecular complexity index is 998. The lowest BCUT2D eigenvalue weighted by Gasteiger charge is -2.36. The Balaban J connectivity index is 1.56. The van der Waals surface area contributed by atoms with Crippen molar-refractivity contribution in [2.24, 2.45) is 11.7 Å². The van der Waals surface area contributed by atoms with Gasteiger partial charge in [-0.3, -0.25) is 4.79 Å². The van der Waals surface area contributed by atoms with E-state index < -0.39 is 8.32 Å². The van der Waals surface area contributed by atoms with Crippen LogP contribution < -0.4 is 10.5 Å². The lowest BCUT2D eigenvalue weighted by atomic mass is 10.00. The second kappa shape index (κ2) is 11.5. The van der Waals surface area contributed by atoms with E-state index in [2.05, 4.69) is 75.8 Å². The normalized spacial score (nSPS) is 15.2. The number of aromatic nitrogens is 1. The topological polar surface area (TPSA) is 77.7 Å². The van der Waals surface area contributed by atoms with Gasteiger partial charge >= 0.3 is 0 Å². The molecule has 0 bridgehead atoms. The highest BCUT2D eigenvalue weighted by atomic mass is 32.1. The first-order chi connectivity index (χ1) is 16.4. The van der Waals surface area contributed by atoms with Crippen molar-refractivity contribution in [1.29, 1.82) is 0 Å². The lowest BCUT2D eigenvalue weighted by Crippen LogP contribution is -2.41. The summed E-state index contributed by atoms with van der Waals surface area (Å²) < 4.78 is 12.0. The number of rotatable bonds is 12. The van der Waals surface area contributed by atoms with Gasteiger partial charge in [-0.15, -0.1) is 0 Å². The summed E-state index contributed by atoms with van der Waals surface area (Å²) in [5, 5.41) is 0.800. The maximum atomic E-state index is 13.5. The molecule has 1 aromatic carbocycles. The summed E-state index contributed by atoms with van der Waals surface area (Å²) in [6.45, 7) is 17.4. The molecule has 35 heavy (non-hydrogen) atoms. The Morgan fingerprint density at radius 2 is 1.97 bits per heavy atom. The summed E-state index contributed by atoms with van der Waals surface area (Å²) in [6, 6.07) is 6.65. The van der Waals surface area contributed by atoms with Crippen LogP contribution in [0.1, 0.15) is 55.2 Å². The molecular weight excluding hydrogens is 474 g/mol. The zero-order chi connectivity index (χ0) is 25.8. The van der Waals surface area contributed by atoms with E-state index in [-0.39, 0.29) is 16.9 Å². The number of amides is 1. The molecule has 3 rings (SSSR count). The van der Waals surface area contributed by atoms with Gasteiger partial charge in [-0.25, -0.2) is 4.98 Å². The highest BCUT2D eigenvalue weighted by molar-refractivity contribution is 7.13. The van der Waals surface area contributed by atoms with E-state index >= 15 is 0 Å². The zero-order valence-electron chi connectivity index (χ0n) is 22.5. The van der Waals surface area contributed by atoms with E-state index in [0.717, 1.165) is 17.7 Å². The van der Waals surface area contributed by atoms with Crippen LogP contribution in [-0.4, -0.2) is 49.9 Å². The number of aryl methyl sites for hydroxylation is 1. The minimum atomic E-state index is -1.78. The molecule has 6 nitrogen and oxygen atoms in total. The maximum absolute atomic E-state index is 13.5. The summed E-state index contributed by atoms with van der Waals surface area (Å²) in [5.41, 5.74) is 9.84. The van der Waals surface area contributed by atoms with Gasteiger partial charge in [0.2, 0.25) is 5.91 Å². The lowest BCUT2D eigenvalue weighted by molar-refractivity contribution is -0.136. The Morgan fingerprint density at radius 3 is 2.60 bits per heavy atom. The van der Waals surface area contributed by atoms with Crippen molar-refractivity contribution in [2.75, 3.05) is 19.8 Å². The number of carbonyl (C=O) groups excluding carboxylic acids is 1. The molecule has 1 fully saturated rings. The number of nitrogens with zero attached hydrogens (tertiary/aromatic N) is 2. The van der Waals surface area contributed by atoms with Crippen molar-refractivity contribution in [1.82, 2.24) is 9.88 Å². The van der Waals surface area contributed by atoms with E-state index in [1.165, 1.54) is 28.0 Å². The van der Waals surface area contributed by atoms with Crippen molar-refractivity contribution < 1.29 is 14.0 Å². The average Bonchev–Trinajstić information content (AvgIpc) is 3.53. The summed E-state index contributed by atoms with van der Waals surface area (Å²) in [4.78, 5) is 21.0. The van der Waals surface area contributed by atoms with E-state index in [1.54, 1.807) is 0 Å². The van der Waals surface area contributed by atoms with Crippen molar-refractivity contribution >= 4 is 25.6 Å². The third-order valence-electron chi connectivity index (χ3n) is 7.52. The van der Waals surface area contributed by atoms with Crippen LogP contribution in [0.5, 0.6) is 5.19 Å². The Labute approximate surface area is 216 Å². The fourth-order valence-electron chi connectivity index (χ4n) is 3.78. The van der Waals surface area contributed by atoms with Gasteiger partial charge in [0.15, 0.2) is 8.32 Å². The van der Waals surface area contributed by atoms with E-state index in [4.69, 9.17) is 14.9 Å². The number of thiazole rings is 1. The van der Waals surface area contributed by atoms with Crippen molar-refractivity contribution in [3.05, 3.63) is 46.0 Å². The molecule has 1 aromatic heterocycles. The fraction of sp³-hybridized carbons (Fsp3) is 0.630. The number of hydrogen-bond donors (Lipinski definition) is 1. The molecule has 0 saturated heterocycles. The van der Waals surface area contributed by atoms with Gasteiger partial charge in [0.05, 0.1) is 12.5 Å². The SMILES string of the molecule is Cc1cccc(CN(C(=O)C(CN)Cc2cnc(OCCO[Si](C)(C)C(C)(C)C)s2)C2CC2)c1C. The molecule has 0 aliphatic heterocycles. The van der Waals surface area contributed by atoms with Crippen LogP contribution >= 0.6 is 11.3 Å². The molecule has 2 N–H and O–H groups in total. The molecule has 1 saturated carbocycles. The van der Waals surface area contributed by atoms with Crippen LogP contribution in [0.3, 0.4) is 0 Å². The summed E-state index contributed by atoms with van der Waals surface area (Å²) in [6.07, 6.45) is 4.55. The number of hydrogen-bond acceptors (Lipinski definition) is 6. The molecule has 0 radical (unpaired) electrons. The fourth-order valence-corrected chi connectivity index (χ4v) is 5.67. The Kier molecular flexibility index (Phi) is 9.18. The second-order valence-electron chi connectivity index (χ2n) is 11.2. The number of carbonyl (C=O) groups is 1. The summed E-state index contributed by atoms with van der Waals surface area (Å²) in [7, 11) is -1.78. The summed E-state index contributed by atoms with van der Waals surface area (Å²) in [5.74, 6) is -0.106. The quantitative estimate of drug-likeness (QED) is 0.298. The van der Waals surface area contributed by atoms with Gasteiger partial charge in [-0.05, 0) is 67.9 Å². The molecule has 0 spiro atoms. The van der Waals surface area contributed by atoms with Crippen LogP contribution in [0, 0.1) is 19.8 Å². The number of benzene rings is 1. The zero-order valence-corrected chi connectivity index (χ0v) is 24.3. The molecule has 2 aromatic rings. The van der Waals surface area contributed by atoms with Crippen molar-refractivity contribution in [2.45, 2.75) is 84.6 Å². The molecule has 1 aliphatic carbocycles. The highest BCUT2D eigenvalue weighted by Gasteiger charge is 2.37. The van der Waals surface area contributed by atoms with Gasteiger partial charge in [0.25, 0.3) is 5.19 Å². The van der Waals surface area contributed by atoms with Crippen LogP contribution in [-0.2, 0) is 22.2 Å². The smallest absolute Gasteiger partial charge is 0.273 e. The first kappa shape index (κ1) is 27.8. The van der Waals surface area contributed by atoms with Gasteiger partial charge in [-0.2, -0.15) is 0 Å². The van der Waals surface area contributed by atoms with E-state index in [1.807, 2.05) is 6.20 Å². The summed E-state index contributed by atoms with van der Waals surface area (Å²) >= 11 is 1.50. The van der Waals surface area contributed by atoms with E-state index in [0.29, 0.717) is 44.0 Å². The van der Waals surface area contributed by atoms with Gasteiger partial charge in [-0.1, -0.05) is 50.3 Å². The van der Waals surface area contributed by atoms with Crippen LogP contribution in [0.15, 0.2) is 24.4 Å². The molecule has 8 heteroatoms. The van der Waals surface area contributed by atoms with Gasteiger partial charge < -0.3 is 19.8 Å². The van der Waals surface area contributed by atoms with Crippen LogP contribution in [0.2, 0.25) is 18.1 Å². The molecule has 1 heterocycles. The predicted octanol–water partition coefficient (Wildman–Crippen LogP) is 5.47. The molecule has 1 aliphatic rings. The molecule has 1 amide bonds. The standard InChI is InChI=1S/C27H43N3O3SSi/c1-19-9-8-10-21(20(19)2)18-30(23-11-12-23)25(31)22(16-28)15-24-17-29-26(34-24)32-13-14-33-35(6,7)27(3,4)5/h8-10,17,22-23H,11-16,18,28H2,1-7H3. The molecule has 194 valence electrons. The van der Waals surface area contributed by atoms with E-state index in [9.17, 15) is 4.79 Å². The van der Waals surface area contributed by atoms with Crippen LogP contribution in [0.25, 0.3) is 0 Å². The average molecular weight is 518 g/mol. The highest BCUT2D eigenvalue weighted by Crippen LogP contribution is 2.36. The minimum Gasteiger partial charge on any atom is -0.468 e. The maximum Gasteiger partial charge on any atom is 0.273 e. The largest absolute Gasteiger partial charge is 0.468 e. The van der Waals surface area contributed by atoms with Gasteiger partial charge in [0, 0.05) is 30.2 Å². The monoisotopic (exact) mass is 517 g/mol. The van der Waals surface area contributed by atoms with Gasteiger partial charge in [0.1, 0.15) is 6.61 Å². The predicted molar refractivity (Wildman–Crippen MR) is 146 cm³/mol. The third-order valence-corrected chi connectivity index (χ3v) is 13.0. The van der Waals surface area contributed by atoms with Crippen molar-refractivity contribution in [3.8, 4) is 5.19 Å². The number of ether oxygens (including phenoxy) is 1. The molecule has 1 unspecified atom stereocenters. The first-order valence-electron chi connectivity index (χ1n) is 12.7.